The molecule has 36 heavy (non-hydrogen) atoms. The van der Waals surface area contributed by atoms with E-state index in [1.807, 2.05) is 6.92 Å². The molecule has 0 saturated carbocycles. The van der Waals surface area contributed by atoms with E-state index in [2.05, 4.69) is 5.32 Å². The zero-order chi connectivity index (χ0) is 27.1. The Morgan fingerprint density at radius 3 is 2.31 bits per heavy atom. The fraction of sp³-hybridized carbons (Fsp3) is 0.417. The topological polar surface area (TPSA) is 86.8 Å². The number of amides is 2. The Morgan fingerprint density at radius 2 is 1.75 bits per heavy atom. The fourth-order valence-corrected chi connectivity index (χ4v) is 4.32. The van der Waals surface area contributed by atoms with Gasteiger partial charge in [-0.05, 0) is 49.2 Å². The van der Waals surface area contributed by atoms with Crippen LogP contribution in [0.1, 0.15) is 37.8 Å². The van der Waals surface area contributed by atoms with Crippen LogP contribution < -0.4 is 9.62 Å². The van der Waals surface area contributed by atoms with Crippen LogP contribution in [0.2, 0.25) is 5.02 Å². The van der Waals surface area contributed by atoms with Gasteiger partial charge in [0.15, 0.2) is 0 Å². The lowest BCUT2D eigenvalue weighted by Crippen LogP contribution is -2.51. The Bertz CT molecular complexity index is 1160. The minimum atomic E-state index is -4.70. The zero-order valence-corrected chi connectivity index (χ0v) is 21.8. The zero-order valence-electron chi connectivity index (χ0n) is 20.2. The van der Waals surface area contributed by atoms with Gasteiger partial charge >= 0.3 is 6.18 Å². The van der Waals surface area contributed by atoms with Crippen molar-refractivity contribution in [2.24, 2.45) is 0 Å². The minimum absolute atomic E-state index is 0.0431. The molecule has 1 N–H and O–H groups in total. The van der Waals surface area contributed by atoms with Crippen molar-refractivity contribution in [3.8, 4) is 0 Å². The molecule has 198 valence electrons. The molecule has 0 unspecified atom stereocenters. The molecule has 2 amide bonds. The molecule has 2 aromatic rings. The minimum Gasteiger partial charge on any atom is -0.354 e. The van der Waals surface area contributed by atoms with Crippen molar-refractivity contribution in [3.05, 3.63) is 64.7 Å². The predicted octanol–water partition coefficient (Wildman–Crippen LogP) is 4.46. The lowest BCUT2D eigenvalue weighted by atomic mass is 10.1. The van der Waals surface area contributed by atoms with Crippen LogP contribution in [0.25, 0.3) is 0 Å². The number of hydrogen-bond acceptors (Lipinski definition) is 4. The standard InChI is InChI=1S/C24H29ClF3N3O4S/c1-4-5-13-29-23(33)17(2)30(15-18-9-11-20(25)12-10-18)22(32)16-31(36(3,34)35)21-8-6-7-19(14-21)24(26,27)28/h6-12,14,17H,4-5,13,15-16H2,1-3H3,(H,29,33)/t17-/m1/s1. The average molecular weight is 548 g/mol. The highest BCUT2D eigenvalue weighted by Gasteiger charge is 2.33. The van der Waals surface area contributed by atoms with Crippen LogP contribution in [-0.2, 0) is 32.3 Å². The van der Waals surface area contributed by atoms with Gasteiger partial charge in [0.1, 0.15) is 12.6 Å². The summed E-state index contributed by atoms with van der Waals surface area (Å²) in [5.41, 5.74) is -0.735. The number of anilines is 1. The first-order valence-corrected chi connectivity index (χ1v) is 13.4. The van der Waals surface area contributed by atoms with E-state index < -0.39 is 46.2 Å². The predicted molar refractivity (Wildman–Crippen MR) is 133 cm³/mol. The molecule has 7 nitrogen and oxygen atoms in total. The van der Waals surface area contributed by atoms with E-state index in [0.29, 0.717) is 27.5 Å². The maximum absolute atomic E-state index is 13.4. The van der Waals surface area contributed by atoms with Crippen LogP contribution in [0.15, 0.2) is 48.5 Å². The number of hydrogen-bond donors (Lipinski definition) is 1. The van der Waals surface area contributed by atoms with Crippen molar-refractivity contribution in [1.29, 1.82) is 0 Å². The van der Waals surface area contributed by atoms with Gasteiger partial charge in [0.2, 0.25) is 21.8 Å². The molecule has 0 radical (unpaired) electrons. The number of carbonyl (C=O) groups excluding carboxylic acids is 2. The third-order valence-corrected chi connectivity index (χ3v) is 6.80. The van der Waals surface area contributed by atoms with Crippen molar-refractivity contribution in [1.82, 2.24) is 10.2 Å². The molecule has 0 saturated heterocycles. The third kappa shape index (κ3) is 8.41. The maximum atomic E-state index is 13.4. The molecule has 2 aromatic carbocycles. The summed E-state index contributed by atoms with van der Waals surface area (Å²) in [7, 11) is -4.15. The number of halogens is 4. The van der Waals surface area contributed by atoms with Crippen LogP contribution in [-0.4, -0.2) is 50.5 Å². The van der Waals surface area contributed by atoms with Crippen LogP contribution in [0, 0.1) is 0 Å². The molecule has 0 spiro atoms. The monoisotopic (exact) mass is 547 g/mol. The SMILES string of the molecule is CCCCNC(=O)[C@@H](C)N(Cc1ccc(Cl)cc1)C(=O)CN(c1cccc(C(F)(F)F)c1)S(C)(=O)=O. The molecule has 12 heteroatoms. The molecule has 0 fully saturated rings. The van der Waals surface area contributed by atoms with Crippen molar-refractivity contribution in [2.45, 2.75) is 45.5 Å². The van der Waals surface area contributed by atoms with Gasteiger partial charge in [-0.1, -0.05) is 43.1 Å². The van der Waals surface area contributed by atoms with Gasteiger partial charge in [-0.2, -0.15) is 13.2 Å². The highest BCUT2D eigenvalue weighted by Crippen LogP contribution is 2.32. The first-order valence-electron chi connectivity index (χ1n) is 11.2. The summed E-state index contributed by atoms with van der Waals surface area (Å²) in [6, 6.07) is 9.27. The first kappa shape index (κ1) is 29.4. The Balaban J connectivity index is 2.39. The Kier molecular flexibility index (Phi) is 10.2. The van der Waals surface area contributed by atoms with Gasteiger partial charge < -0.3 is 10.2 Å². The maximum Gasteiger partial charge on any atom is 0.416 e. The van der Waals surface area contributed by atoms with Gasteiger partial charge in [0, 0.05) is 18.1 Å². The second kappa shape index (κ2) is 12.4. The number of nitrogens with zero attached hydrogens (tertiary/aromatic N) is 2. The van der Waals surface area contributed by atoms with E-state index in [4.69, 9.17) is 11.6 Å². The Labute approximate surface area is 214 Å². The number of sulfonamides is 1. The van der Waals surface area contributed by atoms with Gasteiger partial charge in [-0.25, -0.2) is 8.42 Å². The normalized spacial score (nSPS) is 12.6. The fourth-order valence-electron chi connectivity index (χ4n) is 3.36. The molecule has 0 aromatic heterocycles. The van der Waals surface area contributed by atoms with Crippen molar-refractivity contribution >= 4 is 39.1 Å². The second-order valence-electron chi connectivity index (χ2n) is 8.29. The molecule has 1 atom stereocenters. The van der Waals surface area contributed by atoms with Gasteiger partial charge in [0.25, 0.3) is 0 Å². The molecule has 0 heterocycles. The van der Waals surface area contributed by atoms with E-state index in [1.54, 1.807) is 24.3 Å². The van der Waals surface area contributed by atoms with E-state index >= 15 is 0 Å². The summed E-state index contributed by atoms with van der Waals surface area (Å²) in [5, 5.41) is 3.21. The molecular formula is C24H29ClF3N3O4S. The molecule has 0 bridgehead atoms. The van der Waals surface area contributed by atoms with Crippen LogP contribution in [0.5, 0.6) is 0 Å². The summed E-state index contributed by atoms with van der Waals surface area (Å²) in [6.07, 6.45) is -2.32. The lowest BCUT2D eigenvalue weighted by molar-refractivity contribution is -0.139. The van der Waals surface area contributed by atoms with Crippen LogP contribution >= 0.6 is 11.6 Å². The van der Waals surface area contributed by atoms with Crippen molar-refractivity contribution in [3.63, 3.8) is 0 Å². The summed E-state index contributed by atoms with van der Waals surface area (Å²) < 4.78 is 65.3. The van der Waals surface area contributed by atoms with E-state index in [1.165, 1.54) is 17.9 Å². The largest absolute Gasteiger partial charge is 0.416 e. The number of benzene rings is 2. The number of unbranched alkanes of at least 4 members (excludes halogenated alkanes) is 1. The van der Waals surface area contributed by atoms with Crippen molar-refractivity contribution < 1.29 is 31.2 Å². The van der Waals surface area contributed by atoms with E-state index in [-0.39, 0.29) is 12.2 Å². The number of nitrogens with one attached hydrogen (secondary N) is 1. The van der Waals surface area contributed by atoms with E-state index in [0.717, 1.165) is 31.2 Å². The third-order valence-electron chi connectivity index (χ3n) is 5.40. The summed E-state index contributed by atoms with van der Waals surface area (Å²) >= 11 is 5.93. The van der Waals surface area contributed by atoms with Gasteiger partial charge in [0.05, 0.1) is 17.5 Å². The van der Waals surface area contributed by atoms with Gasteiger partial charge in [-0.15, -0.1) is 0 Å². The molecular weight excluding hydrogens is 519 g/mol. The highest BCUT2D eigenvalue weighted by atomic mass is 35.5. The highest BCUT2D eigenvalue weighted by molar-refractivity contribution is 7.92. The summed E-state index contributed by atoms with van der Waals surface area (Å²) in [5.74, 6) is -1.19. The Hall–Kier alpha value is -2.79. The molecule has 0 aliphatic carbocycles. The number of rotatable bonds is 11. The molecule has 2 rings (SSSR count). The van der Waals surface area contributed by atoms with E-state index in [9.17, 15) is 31.2 Å². The summed E-state index contributed by atoms with van der Waals surface area (Å²) in [6.45, 7) is 3.03. The van der Waals surface area contributed by atoms with Crippen molar-refractivity contribution in [2.75, 3.05) is 23.7 Å². The second-order valence-corrected chi connectivity index (χ2v) is 10.6. The first-order chi connectivity index (χ1) is 16.7. The lowest BCUT2D eigenvalue weighted by Gasteiger charge is -2.31. The smallest absolute Gasteiger partial charge is 0.354 e. The summed E-state index contributed by atoms with van der Waals surface area (Å²) in [4.78, 5) is 27.3. The Morgan fingerprint density at radius 1 is 1.11 bits per heavy atom. The molecule has 0 aliphatic rings. The average Bonchev–Trinajstić information content (AvgIpc) is 2.80. The van der Waals surface area contributed by atoms with Crippen LogP contribution in [0.3, 0.4) is 0 Å². The number of alkyl halides is 3. The number of carbonyl (C=O) groups is 2. The molecule has 0 aliphatic heterocycles. The van der Waals surface area contributed by atoms with Gasteiger partial charge in [-0.3, -0.25) is 13.9 Å². The quantitative estimate of drug-likeness (QED) is 0.421. The van der Waals surface area contributed by atoms with Crippen LogP contribution in [0.4, 0.5) is 18.9 Å².